The second-order valence-corrected chi connectivity index (χ2v) is 21.3. The number of imidazole rings is 2. The predicted octanol–water partition coefficient (Wildman–Crippen LogP) is 5.84. The number of hydrogen-bond donors (Lipinski definition) is 1. The number of nitrogens with one attached hydrogen (secondary N) is 1. The van der Waals surface area contributed by atoms with Gasteiger partial charge in [0.25, 0.3) is 0 Å². The number of aromatic amines is 1. The molecular formula is C55H67FN16O3. The number of ether oxygens (including phenoxy) is 2. The molecule has 20 heteroatoms. The standard InChI is InChI=1S/C55H67FN16O3/c1-4-70-46(59-49-53(69-23-27-75-28-24-69)62-55(63-54(49)70)71-20-11-37-30-38(56)9-10-44(37)71)35-67-18-14-40(15-19-67)72-33-36(29-47(72)73)32-64(2)39-12-16-66(17-13-39)34-45-58-48-51(65(45)3)60-50(61-52(48)68-21-25-74-26-22-68)42-31-57-43-8-6-5-7-41(42)43/h5-11,20,30-31,36,39-40,57H,4,12-19,21-29,32-35H2,1-3H3. The zero-order valence-electron chi connectivity index (χ0n) is 43.4. The van der Waals surface area contributed by atoms with Crippen LogP contribution in [0.1, 0.15) is 50.7 Å². The van der Waals surface area contributed by atoms with Crippen molar-refractivity contribution in [3.05, 3.63) is 78.4 Å². The van der Waals surface area contributed by atoms with Crippen LogP contribution in [0.5, 0.6) is 0 Å². The van der Waals surface area contributed by atoms with Gasteiger partial charge in [0.05, 0.1) is 45.0 Å². The molecule has 5 aliphatic rings. The van der Waals surface area contributed by atoms with Gasteiger partial charge in [-0.2, -0.15) is 9.97 Å². The van der Waals surface area contributed by atoms with E-state index in [0.29, 0.717) is 88.7 Å². The van der Waals surface area contributed by atoms with Gasteiger partial charge in [-0.1, -0.05) is 18.2 Å². The van der Waals surface area contributed by atoms with E-state index in [9.17, 15) is 9.18 Å². The molecule has 0 aliphatic carbocycles. The third-order valence-electron chi connectivity index (χ3n) is 16.8. The smallest absolute Gasteiger partial charge is 0.238 e. The predicted molar refractivity (Wildman–Crippen MR) is 286 cm³/mol. The fourth-order valence-corrected chi connectivity index (χ4v) is 12.6. The van der Waals surface area contributed by atoms with Crippen LogP contribution in [0.3, 0.4) is 0 Å². The van der Waals surface area contributed by atoms with Crippen LogP contribution < -0.4 is 9.80 Å². The van der Waals surface area contributed by atoms with Gasteiger partial charge in [0.2, 0.25) is 11.9 Å². The maximum absolute atomic E-state index is 14.2. The average Bonchev–Trinajstić information content (AvgIpc) is 4.33. The van der Waals surface area contributed by atoms with Gasteiger partial charge in [-0.15, -0.1) is 0 Å². The lowest BCUT2D eigenvalue weighted by Crippen LogP contribution is -2.46. The lowest BCUT2D eigenvalue weighted by Gasteiger charge is -2.38. The highest BCUT2D eigenvalue weighted by atomic mass is 19.1. The van der Waals surface area contributed by atoms with Gasteiger partial charge in [-0.05, 0) is 75.9 Å². The second kappa shape index (κ2) is 20.2. The number of aromatic nitrogens is 10. The van der Waals surface area contributed by atoms with Crippen LogP contribution in [-0.4, -0.2) is 185 Å². The summed E-state index contributed by atoms with van der Waals surface area (Å²) in [5.41, 5.74) is 6.19. The number of nitrogens with zero attached hydrogens (tertiary/aromatic N) is 15. The van der Waals surface area contributed by atoms with E-state index < -0.39 is 0 Å². The quantitative estimate of drug-likeness (QED) is 0.147. The van der Waals surface area contributed by atoms with E-state index in [-0.39, 0.29) is 11.9 Å². The van der Waals surface area contributed by atoms with Gasteiger partial charge in [0, 0.05) is 132 Å². The van der Waals surface area contributed by atoms with Crippen molar-refractivity contribution in [3.63, 3.8) is 0 Å². The molecule has 19 nitrogen and oxygen atoms in total. The molecule has 5 aliphatic heterocycles. The molecule has 0 radical (unpaired) electrons. The molecule has 6 aromatic heterocycles. The zero-order valence-corrected chi connectivity index (χ0v) is 43.4. The number of hydrogen-bond acceptors (Lipinski definition) is 14. The number of anilines is 2. The summed E-state index contributed by atoms with van der Waals surface area (Å²) in [4.78, 5) is 62.6. The van der Waals surface area contributed by atoms with Crippen molar-refractivity contribution < 1.29 is 18.7 Å². The van der Waals surface area contributed by atoms with Crippen LogP contribution in [0.15, 0.2) is 60.9 Å². The van der Waals surface area contributed by atoms with Gasteiger partial charge < -0.3 is 43.2 Å². The van der Waals surface area contributed by atoms with E-state index in [4.69, 9.17) is 39.4 Å². The van der Waals surface area contributed by atoms with Crippen molar-refractivity contribution in [2.75, 3.05) is 109 Å². The first-order valence-electron chi connectivity index (χ1n) is 27.2. The minimum Gasteiger partial charge on any atom is -0.378 e. The summed E-state index contributed by atoms with van der Waals surface area (Å²) < 4.78 is 31.9. The molecule has 1 amide bonds. The van der Waals surface area contributed by atoms with E-state index in [1.54, 1.807) is 12.1 Å². The molecule has 1 N–H and O–H groups in total. The molecule has 13 rings (SSSR count). The van der Waals surface area contributed by atoms with Crippen molar-refractivity contribution in [2.24, 2.45) is 13.0 Å². The van der Waals surface area contributed by atoms with E-state index in [1.165, 1.54) is 6.07 Å². The molecule has 75 heavy (non-hydrogen) atoms. The number of aryl methyl sites for hydroxylation is 2. The normalized spacial score (nSPS) is 20.2. The van der Waals surface area contributed by atoms with Crippen LogP contribution in [0.4, 0.5) is 16.0 Å². The number of morpholine rings is 2. The third-order valence-corrected chi connectivity index (χ3v) is 16.8. The fourth-order valence-electron chi connectivity index (χ4n) is 12.6. The SMILES string of the molecule is CCn1c(CN2CCC(N3CC(CN(C)C4CCN(Cc5nc6c(N7CCOCC7)nc(-c7c[nH]c8ccccc78)nc6n5C)CC4)CC3=O)CC2)nc2c(N3CCOCC3)nc(-n3ccc4cc(F)ccc43)nc21. The van der Waals surface area contributed by atoms with E-state index in [2.05, 4.69) is 82.7 Å². The number of likely N-dealkylation sites (tertiary alicyclic amines) is 3. The molecular weight excluding hydrogens is 952 g/mol. The summed E-state index contributed by atoms with van der Waals surface area (Å²) in [5.74, 6) is 5.24. The molecule has 5 fully saturated rings. The van der Waals surface area contributed by atoms with Crippen LogP contribution in [0.2, 0.25) is 0 Å². The molecule has 0 saturated carbocycles. The highest BCUT2D eigenvalue weighted by molar-refractivity contribution is 5.96. The first-order valence-corrected chi connectivity index (χ1v) is 27.2. The molecule has 1 atom stereocenters. The number of carbonyl (C=O) groups excluding carboxylic acids is 1. The Labute approximate surface area is 435 Å². The summed E-state index contributed by atoms with van der Waals surface area (Å²) in [5, 5.41) is 1.90. The van der Waals surface area contributed by atoms with Crippen LogP contribution in [0.25, 0.3) is 61.5 Å². The number of fused-ring (bicyclic) bond motifs is 4. The number of halogens is 1. The summed E-state index contributed by atoms with van der Waals surface area (Å²) in [6.07, 6.45) is 8.59. The second-order valence-electron chi connectivity index (χ2n) is 21.3. The Morgan fingerprint density at radius 3 is 2.19 bits per heavy atom. The molecule has 0 bridgehead atoms. The Bertz CT molecular complexity index is 3370. The van der Waals surface area contributed by atoms with Gasteiger partial charge in [-0.3, -0.25) is 19.2 Å². The fraction of sp³-hybridized carbons (Fsp3) is 0.509. The largest absolute Gasteiger partial charge is 0.378 e. The van der Waals surface area contributed by atoms with Gasteiger partial charge in [0.1, 0.15) is 17.5 Å². The average molecular weight is 1020 g/mol. The first kappa shape index (κ1) is 48.1. The van der Waals surface area contributed by atoms with Crippen LogP contribution in [-0.2, 0) is 41.0 Å². The number of para-hydroxylation sites is 1. The molecule has 2 aromatic carbocycles. The molecule has 0 spiro atoms. The maximum Gasteiger partial charge on any atom is 0.238 e. The topological polar surface area (TPSA) is 163 Å². The van der Waals surface area contributed by atoms with Gasteiger partial charge in [0.15, 0.2) is 39.8 Å². The number of amides is 1. The number of rotatable bonds is 13. The summed E-state index contributed by atoms with van der Waals surface area (Å²) in [6.45, 7) is 15.4. The Kier molecular flexibility index (Phi) is 12.9. The number of H-pyrrole nitrogens is 1. The molecule has 8 aromatic rings. The lowest BCUT2D eigenvalue weighted by atomic mass is 10.0. The van der Waals surface area contributed by atoms with E-state index >= 15 is 0 Å². The van der Waals surface area contributed by atoms with Crippen molar-refractivity contribution >= 4 is 61.7 Å². The number of carbonyl (C=O) groups is 1. The van der Waals surface area contributed by atoms with Crippen molar-refractivity contribution in [1.29, 1.82) is 0 Å². The Hall–Kier alpha value is -6.58. The van der Waals surface area contributed by atoms with Crippen molar-refractivity contribution in [2.45, 2.75) is 70.7 Å². The molecule has 392 valence electrons. The zero-order chi connectivity index (χ0) is 50.7. The Morgan fingerprint density at radius 2 is 1.44 bits per heavy atom. The summed E-state index contributed by atoms with van der Waals surface area (Å²) >= 11 is 0. The highest BCUT2D eigenvalue weighted by Gasteiger charge is 2.38. The molecule has 5 saturated heterocycles. The van der Waals surface area contributed by atoms with E-state index in [1.807, 2.05) is 29.1 Å². The highest BCUT2D eigenvalue weighted by Crippen LogP contribution is 2.34. The third kappa shape index (κ3) is 9.17. The molecule has 1 unspecified atom stereocenters. The Morgan fingerprint density at radius 1 is 0.760 bits per heavy atom. The summed E-state index contributed by atoms with van der Waals surface area (Å²) in [7, 11) is 4.35. The Balaban J connectivity index is 0.630. The van der Waals surface area contributed by atoms with E-state index in [0.717, 1.165) is 158 Å². The number of piperidine rings is 2. The minimum absolute atomic E-state index is 0.252. The van der Waals surface area contributed by atoms with Crippen LogP contribution >= 0.6 is 0 Å². The summed E-state index contributed by atoms with van der Waals surface area (Å²) in [6, 6.07) is 15.7. The van der Waals surface area contributed by atoms with Crippen molar-refractivity contribution in [1.82, 2.24) is 68.2 Å². The minimum atomic E-state index is -0.272. The van der Waals surface area contributed by atoms with Gasteiger partial charge >= 0.3 is 0 Å². The monoisotopic (exact) mass is 1020 g/mol. The van der Waals surface area contributed by atoms with Crippen molar-refractivity contribution in [3.8, 4) is 17.3 Å². The van der Waals surface area contributed by atoms with Crippen LogP contribution in [0, 0.1) is 11.7 Å². The first-order chi connectivity index (χ1) is 36.7. The number of benzene rings is 2. The molecule has 11 heterocycles. The van der Waals surface area contributed by atoms with Gasteiger partial charge in [-0.25, -0.2) is 24.3 Å². The lowest BCUT2D eigenvalue weighted by molar-refractivity contribution is -0.130. The maximum atomic E-state index is 14.2.